The molecule has 0 radical (unpaired) electrons. The van der Waals surface area contributed by atoms with Gasteiger partial charge in [0.15, 0.2) is 0 Å². The van der Waals surface area contributed by atoms with E-state index in [1.165, 1.54) is 11.1 Å². The second kappa shape index (κ2) is 23.5. The van der Waals surface area contributed by atoms with Gasteiger partial charge in [0, 0.05) is 45.9 Å². The Hall–Kier alpha value is -10.8. The summed E-state index contributed by atoms with van der Waals surface area (Å²) in [5.41, 5.74) is 18.0. The number of halogens is 1. The maximum Gasteiger partial charge on any atom is 0.260 e. The van der Waals surface area contributed by atoms with Gasteiger partial charge in [0.05, 0.1) is 33.5 Å². The lowest BCUT2D eigenvalue weighted by molar-refractivity contribution is 0.455. The molecule has 0 amide bonds. The van der Waals surface area contributed by atoms with Crippen LogP contribution in [-0.2, 0) is 10.8 Å². The highest BCUT2D eigenvalue weighted by Crippen LogP contribution is 2.42. The first-order valence-corrected chi connectivity index (χ1v) is 31.7. The van der Waals surface area contributed by atoms with Crippen molar-refractivity contribution in [2.45, 2.75) is 52.4 Å². The van der Waals surface area contributed by atoms with Gasteiger partial charge in [-0.3, -0.25) is 19.1 Å². The lowest BCUT2D eigenvalue weighted by atomic mass is 9.34. The van der Waals surface area contributed by atoms with Crippen LogP contribution >= 0.6 is 15.9 Å². The first-order chi connectivity index (χ1) is 44.8. The van der Waals surface area contributed by atoms with Crippen molar-refractivity contribution >= 4 is 61.1 Å². The van der Waals surface area contributed by atoms with Gasteiger partial charge in [-0.25, -0.2) is 9.97 Å². The molecule has 0 N–H and O–H groups in total. The van der Waals surface area contributed by atoms with Crippen molar-refractivity contribution in [2.24, 2.45) is 0 Å². The maximum absolute atomic E-state index is 6.55. The quantitative estimate of drug-likeness (QED) is 0.125. The average Bonchev–Trinajstić information content (AvgIpc) is 0.754. The molecule has 446 valence electrons. The Morgan fingerprint density at radius 3 is 1.33 bits per heavy atom. The van der Waals surface area contributed by atoms with Gasteiger partial charge in [-0.1, -0.05) is 126 Å². The van der Waals surface area contributed by atoms with Crippen molar-refractivity contribution in [3.05, 3.63) is 283 Å². The van der Waals surface area contributed by atoms with Crippen molar-refractivity contribution in [3.63, 3.8) is 0 Å². The number of imidazole rings is 2. The van der Waals surface area contributed by atoms with E-state index in [-0.39, 0.29) is 17.5 Å². The summed E-state index contributed by atoms with van der Waals surface area (Å²) in [6.45, 7) is 13.2. The minimum atomic E-state index is -0.0843. The molecule has 0 bridgehead atoms. The molecule has 0 saturated heterocycles. The molecular formula is C80H62BBrN6O4. The first-order valence-electron chi connectivity index (χ1n) is 30.9. The summed E-state index contributed by atoms with van der Waals surface area (Å²) in [4.78, 5) is 19.5. The molecule has 0 atom stereocenters. The molecule has 92 heavy (non-hydrogen) atoms. The molecule has 10 nitrogen and oxygen atoms in total. The van der Waals surface area contributed by atoms with E-state index < -0.39 is 0 Å². The number of hydrogen-bond donors (Lipinski definition) is 0. The van der Waals surface area contributed by atoms with Gasteiger partial charge >= 0.3 is 0 Å². The molecule has 6 heterocycles. The van der Waals surface area contributed by atoms with Crippen LogP contribution in [0.3, 0.4) is 0 Å². The summed E-state index contributed by atoms with van der Waals surface area (Å²) in [5, 5.41) is 0. The Kier molecular flexibility index (Phi) is 14.7. The predicted molar refractivity (Wildman–Crippen MR) is 375 cm³/mol. The molecule has 0 fully saturated rings. The molecule has 0 aliphatic carbocycles. The summed E-state index contributed by atoms with van der Waals surface area (Å²) in [5.74, 6) is 7.83. The molecule has 0 unspecified atom stereocenters. The minimum Gasteiger partial charge on any atom is -0.458 e. The molecule has 0 saturated carbocycles. The van der Waals surface area contributed by atoms with Crippen LogP contribution in [-0.4, -0.2) is 35.8 Å². The highest BCUT2D eigenvalue weighted by Gasteiger charge is 2.41. The Morgan fingerprint density at radius 1 is 0.391 bits per heavy atom. The summed E-state index contributed by atoms with van der Waals surface area (Å²) < 4.78 is 30.8. The van der Waals surface area contributed by atoms with Crippen LogP contribution in [0.25, 0.3) is 78.7 Å². The molecule has 2 aliphatic rings. The summed E-state index contributed by atoms with van der Waals surface area (Å²) in [7, 11) is 0. The third-order valence-electron chi connectivity index (χ3n) is 17.0. The maximum atomic E-state index is 6.55. The number of hydrogen-bond acceptors (Lipinski definition) is 8. The normalized spacial score (nSPS) is 12.2. The van der Waals surface area contributed by atoms with Gasteiger partial charge < -0.3 is 18.9 Å². The van der Waals surface area contributed by atoms with Crippen molar-refractivity contribution in [1.29, 1.82) is 0 Å². The lowest BCUT2D eigenvalue weighted by Gasteiger charge is -2.33. The zero-order chi connectivity index (χ0) is 62.7. The summed E-state index contributed by atoms with van der Waals surface area (Å²) in [6, 6.07) is 86.4. The third-order valence-corrected chi connectivity index (χ3v) is 17.8. The Bertz CT molecular complexity index is 5080. The molecule has 10 aromatic carbocycles. The van der Waals surface area contributed by atoms with Crippen LogP contribution in [0.15, 0.2) is 272 Å². The second-order valence-corrected chi connectivity index (χ2v) is 26.0. The van der Waals surface area contributed by atoms with E-state index in [4.69, 9.17) is 33.9 Å². The highest BCUT2D eigenvalue weighted by atomic mass is 79.9. The zero-order valence-corrected chi connectivity index (χ0v) is 53.3. The highest BCUT2D eigenvalue weighted by molar-refractivity contribution is 9.10. The Labute approximate surface area is 543 Å². The second-order valence-electron chi connectivity index (χ2n) is 25.2. The van der Waals surface area contributed by atoms with Gasteiger partial charge in [0.1, 0.15) is 62.1 Å². The van der Waals surface area contributed by atoms with Crippen LogP contribution in [0, 0.1) is 0 Å². The van der Waals surface area contributed by atoms with E-state index in [0.717, 1.165) is 128 Å². The number of fused-ring (bicyclic) bond motifs is 6. The Morgan fingerprint density at radius 2 is 0.815 bits per heavy atom. The number of nitrogens with zero attached hydrogens (tertiary/aromatic N) is 6. The number of rotatable bonds is 10. The van der Waals surface area contributed by atoms with Gasteiger partial charge in [-0.2, -0.15) is 0 Å². The van der Waals surface area contributed by atoms with Gasteiger partial charge in [-0.15, -0.1) is 0 Å². The van der Waals surface area contributed by atoms with Gasteiger partial charge in [0.25, 0.3) is 6.71 Å². The monoisotopic (exact) mass is 1260 g/mol. The van der Waals surface area contributed by atoms with E-state index in [2.05, 4.69) is 193 Å². The summed E-state index contributed by atoms with van der Waals surface area (Å²) in [6.07, 6.45) is 3.78. The largest absolute Gasteiger partial charge is 0.458 e. The van der Waals surface area contributed by atoms with Crippen molar-refractivity contribution in [3.8, 4) is 103 Å². The van der Waals surface area contributed by atoms with E-state index in [1.807, 2.05) is 146 Å². The van der Waals surface area contributed by atoms with E-state index in [9.17, 15) is 0 Å². The Balaban J connectivity index is 0.000000153. The van der Waals surface area contributed by atoms with E-state index in [0.29, 0.717) is 17.2 Å². The smallest absolute Gasteiger partial charge is 0.260 e. The molecule has 14 aromatic rings. The van der Waals surface area contributed by atoms with Crippen LogP contribution in [0.1, 0.15) is 52.7 Å². The molecule has 2 aliphatic heterocycles. The van der Waals surface area contributed by atoms with E-state index in [1.54, 1.807) is 0 Å². The third kappa shape index (κ3) is 11.1. The predicted octanol–water partition coefficient (Wildman–Crippen LogP) is 19.2. The number of para-hydroxylation sites is 6. The van der Waals surface area contributed by atoms with Gasteiger partial charge in [0.2, 0.25) is 0 Å². The summed E-state index contributed by atoms with van der Waals surface area (Å²) >= 11 is 3.71. The number of benzene rings is 10. The fourth-order valence-corrected chi connectivity index (χ4v) is 12.7. The molecule has 0 spiro atoms. The van der Waals surface area contributed by atoms with E-state index >= 15 is 0 Å². The van der Waals surface area contributed by atoms with Crippen molar-refractivity contribution in [1.82, 2.24) is 29.1 Å². The van der Waals surface area contributed by atoms with Crippen LogP contribution in [0.4, 0.5) is 0 Å². The lowest BCUT2D eigenvalue weighted by Crippen LogP contribution is -2.57. The zero-order valence-electron chi connectivity index (χ0n) is 51.7. The topological polar surface area (TPSA) is 98.3 Å². The molecule has 16 rings (SSSR count). The van der Waals surface area contributed by atoms with Crippen LogP contribution < -0.4 is 35.3 Å². The van der Waals surface area contributed by atoms with Crippen LogP contribution in [0.2, 0.25) is 0 Å². The first kappa shape index (κ1) is 57.6. The fraction of sp³-hybridized carbons (Fsp3) is 0.100. The fourth-order valence-electron chi connectivity index (χ4n) is 12.2. The standard InChI is InChI=1S/C40H30BN3O2.C40H32BrN3O2/c1-40(2,3)27-20-21-42-32(24-27)25-16-18-34-29(22-25)41-30-23-26(17-19-35(30)46-37-15-9-14-36(45-34)38(37)41)39-43-31-12-7-8-13-33(31)44(39)28-10-5-4-6-11-28;1-40(2,3)29-24-25-42-34(26-29)27-16-20-31(21-17-27)45-36-14-9-15-37(38(36)41)46-32-22-18-28(19-23-32)39-43-33-12-7-8-13-35(33)44(39)30-10-5-4-6-11-30/h4-24H,1-3H3;4-26H,1-3H3. The average molecular weight is 1260 g/mol. The van der Waals surface area contributed by atoms with Crippen molar-refractivity contribution in [2.75, 3.05) is 0 Å². The molecule has 4 aromatic heterocycles. The van der Waals surface area contributed by atoms with Crippen LogP contribution in [0.5, 0.6) is 46.0 Å². The molecular weight excluding hydrogens is 1200 g/mol. The van der Waals surface area contributed by atoms with Crippen molar-refractivity contribution < 1.29 is 18.9 Å². The molecule has 12 heteroatoms. The number of aromatic nitrogens is 6. The number of pyridine rings is 2. The minimum absolute atomic E-state index is 0.0230. The van der Waals surface area contributed by atoms with Gasteiger partial charge in [-0.05, 0) is 224 Å². The SMILES string of the molecule is CC(C)(C)c1ccnc(-c2ccc(Oc3cccc(Oc4ccc(-c5nc6ccccc6n5-c5ccccc5)cc4)c3Br)cc2)c1.CC(C)(C)c1ccnc(-c2ccc3c(c2)B2c4cc(-c5nc6ccccc6n5-c5ccccc5)ccc4Oc4cccc(c42)O3)c1. The number of ether oxygens (including phenoxy) is 4.